The summed E-state index contributed by atoms with van der Waals surface area (Å²) in [6.07, 6.45) is 1.25. The lowest BCUT2D eigenvalue weighted by molar-refractivity contribution is -0.192. The van der Waals surface area contributed by atoms with Gasteiger partial charge >= 0.3 is 12.1 Å². The van der Waals surface area contributed by atoms with Gasteiger partial charge in [0.05, 0.1) is 39.0 Å². The molecule has 0 saturated heterocycles. The number of nitrogens with one attached hydrogen (secondary N) is 1. The van der Waals surface area contributed by atoms with Crippen molar-refractivity contribution in [1.29, 1.82) is 0 Å². The van der Waals surface area contributed by atoms with Crippen molar-refractivity contribution in [1.82, 2.24) is 29.7 Å². The van der Waals surface area contributed by atoms with Gasteiger partial charge in [-0.2, -0.15) is 13.2 Å². The summed E-state index contributed by atoms with van der Waals surface area (Å²) in [6, 6.07) is 7.11. The highest BCUT2D eigenvalue weighted by Gasteiger charge is 2.38. The molecule has 0 amide bonds. The Morgan fingerprint density at radius 3 is 2.04 bits per heavy atom. The van der Waals surface area contributed by atoms with Gasteiger partial charge in [-0.3, -0.25) is 14.3 Å². The van der Waals surface area contributed by atoms with Crippen LogP contribution >= 0.6 is 0 Å². The van der Waals surface area contributed by atoms with Crippen LogP contribution < -0.4 is 18.9 Å². The molecule has 0 aliphatic carbocycles. The van der Waals surface area contributed by atoms with E-state index in [0.29, 0.717) is 40.1 Å². The average Bonchev–Trinajstić information content (AvgIpc) is 3.41. The van der Waals surface area contributed by atoms with Crippen molar-refractivity contribution in [3.8, 4) is 34.3 Å². The maximum atomic E-state index is 13.6. The molecule has 0 fully saturated rings. The third kappa shape index (κ3) is 8.14. The van der Waals surface area contributed by atoms with Crippen molar-refractivity contribution in [3.63, 3.8) is 0 Å². The Bertz CT molecular complexity index is 1710. The molecule has 2 atom stereocenters. The fourth-order valence-corrected chi connectivity index (χ4v) is 5.08. The van der Waals surface area contributed by atoms with Gasteiger partial charge in [-0.15, -0.1) is 10.2 Å². The number of carboxylic acid groups (broad SMARTS) is 1. The maximum absolute atomic E-state index is 13.6. The molecule has 0 aliphatic rings. The summed E-state index contributed by atoms with van der Waals surface area (Å²) >= 11 is 0. The van der Waals surface area contributed by atoms with E-state index in [1.807, 2.05) is 13.0 Å². The number of anilines is 1. The van der Waals surface area contributed by atoms with Crippen LogP contribution in [0.5, 0.6) is 17.2 Å². The minimum absolute atomic E-state index is 0.0426. The Kier molecular flexibility index (Phi) is 10.9. The highest BCUT2D eigenvalue weighted by atomic mass is 32.2. The molecule has 1 aromatic carbocycles. The molecule has 0 saturated carbocycles. The van der Waals surface area contributed by atoms with E-state index in [4.69, 9.17) is 24.1 Å². The normalized spacial score (nSPS) is 12.7. The number of carbonyl (C=O) groups is 1. The topological polar surface area (TPSA) is 181 Å². The maximum Gasteiger partial charge on any atom is 0.490 e. The molecule has 3 heterocycles. The minimum Gasteiger partial charge on any atom is -0.494 e. The highest BCUT2D eigenvalue weighted by Crippen LogP contribution is 2.38. The van der Waals surface area contributed by atoms with Crippen molar-refractivity contribution >= 4 is 21.9 Å². The number of aryl methyl sites for hydroxylation is 1. The fourth-order valence-electron chi connectivity index (χ4n) is 3.84. The van der Waals surface area contributed by atoms with E-state index in [1.165, 1.54) is 33.7 Å². The summed E-state index contributed by atoms with van der Waals surface area (Å²) in [7, 11) is 0.528. The zero-order chi connectivity index (χ0) is 33.5. The van der Waals surface area contributed by atoms with Gasteiger partial charge in [-0.25, -0.2) is 23.2 Å². The number of aliphatic carboxylic acids is 1. The molecule has 0 spiro atoms. The Labute approximate surface area is 256 Å². The van der Waals surface area contributed by atoms with Crippen LogP contribution in [0.25, 0.3) is 17.1 Å². The van der Waals surface area contributed by atoms with Crippen LogP contribution in [0.3, 0.4) is 0 Å². The number of benzene rings is 1. The molecule has 0 aliphatic heterocycles. The average molecular weight is 654 g/mol. The standard InChI is InChI=1S/C25H29N7O5S.C2HF3O2/c1-15-10-18(12-26-11-15)24-29-30-25(32(24)22-20(36-5)8-7-9-21(22)37-6)31-38(33,34)17(3)16(2)23-27-13-19(35-4)14-28-23;3-2(4,5)1(6)7/h7-14,16-17H,1-6H3,(H,30,31);(H,6,7). The second-order valence-electron chi connectivity index (χ2n) is 9.37. The van der Waals surface area contributed by atoms with Crippen molar-refractivity contribution < 1.29 is 45.7 Å². The number of carboxylic acids is 1. The fraction of sp³-hybridized carbons (Fsp3) is 0.333. The summed E-state index contributed by atoms with van der Waals surface area (Å²) < 4.78 is 79.4. The van der Waals surface area contributed by atoms with Gasteiger partial charge in [0.25, 0.3) is 0 Å². The molecule has 18 heteroatoms. The molecule has 0 radical (unpaired) electrons. The zero-order valence-electron chi connectivity index (χ0n) is 24.9. The Hall–Kier alpha value is -5.00. The van der Waals surface area contributed by atoms with Gasteiger partial charge in [0.1, 0.15) is 23.0 Å². The zero-order valence-corrected chi connectivity index (χ0v) is 25.7. The van der Waals surface area contributed by atoms with Crippen LogP contribution in [0.15, 0.2) is 49.1 Å². The third-order valence-electron chi connectivity index (χ3n) is 6.38. The number of hydrogen-bond donors (Lipinski definition) is 2. The number of alkyl halides is 3. The van der Waals surface area contributed by atoms with E-state index in [0.717, 1.165) is 5.56 Å². The number of para-hydroxylation sites is 1. The predicted molar refractivity (Wildman–Crippen MR) is 155 cm³/mol. The van der Waals surface area contributed by atoms with Crippen molar-refractivity contribution in [2.45, 2.75) is 38.1 Å². The monoisotopic (exact) mass is 653 g/mol. The molecular formula is C27H30F3N7O7S. The number of rotatable bonds is 10. The molecule has 2 unspecified atom stereocenters. The van der Waals surface area contributed by atoms with E-state index in [9.17, 15) is 21.6 Å². The van der Waals surface area contributed by atoms with Crippen LogP contribution in [-0.4, -0.2) is 82.0 Å². The molecule has 2 N–H and O–H groups in total. The number of nitrogens with zero attached hydrogens (tertiary/aromatic N) is 6. The first kappa shape index (κ1) is 34.5. The number of sulfonamides is 1. The molecule has 14 nitrogen and oxygen atoms in total. The van der Waals surface area contributed by atoms with Crippen LogP contribution in [0.2, 0.25) is 0 Å². The van der Waals surface area contributed by atoms with Gasteiger partial charge in [-0.05, 0) is 37.6 Å². The lowest BCUT2D eigenvalue weighted by atomic mass is 10.1. The van der Waals surface area contributed by atoms with Gasteiger partial charge in [0, 0.05) is 23.9 Å². The smallest absolute Gasteiger partial charge is 0.490 e. The van der Waals surface area contributed by atoms with Crippen molar-refractivity contribution in [3.05, 3.63) is 60.4 Å². The van der Waals surface area contributed by atoms with E-state index in [2.05, 4.69) is 29.9 Å². The second kappa shape index (κ2) is 14.2. The number of methoxy groups -OCH3 is 3. The van der Waals surface area contributed by atoms with Gasteiger partial charge in [0.2, 0.25) is 16.0 Å². The Morgan fingerprint density at radius 2 is 1.56 bits per heavy atom. The SMILES string of the molecule is COc1cnc(C(C)C(C)S(=O)(=O)Nc2nnc(-c3cncc(C)c3)n2-c2c(OC)cccc2OC)nc1.O=C(O)C(F)(F)F. The number of halogens is 3. The summed E-state index contributed by atoms with van der Waals surface area (Å²) in [6.45, 7) is 5.22. The van der Waals surface area contributed by atoms with E-state index >= 15 is 0 Å². The largest absolute Gasteiger partial charge is 0.494 e. The van der Waals surface area contributed by atoms with Crippen LogP contribution in [0.1, 0.15) is 31.2 Å². The quantitative estimate of drug-likeness (QED) is 0.251. The number of pyridine rings is 1. The molecular weight excluding hydrogens is 623 g/mol. The molecule has 242 valence electrons. The molecule has 4 aromatic rings. The molecule has 3 aromatic heterocycles. The number of hydrogen-bond acceptors (Lipinski definition) is 11. The molecule has 0 bridgehead atoms. The molecule has 4 rings (SSSR count). The second-order valence-corrected chi connectivity index (χ2v) is 11.4. The Morgan fingerprint density at radius 1 is 0.978 bits per heavy atom. The van der Waals surface area contributed by atoms with Gasteiger partial charge < -0.3 is 19.3 Å². The lowest BCUT2D eigenvalue weighted by Gasteiger charge is -2.21. The minimum atomic E-state index is -5.08. The number of aromatic nitrogens is 6. The van der Waals surface area contributed by atoms with Crippen molar-refractivity contribution in [2.24, 2.45) is 0 Å². The number of ether oxygens (including phenoxy) is 3. The summed E-state index contributed by atoms with van der Waals surface area (Å²) in [5, 5.41) is 14.7. The van der Waals surface area contributed by atoms with Crippen LogP contribution in [0, 0.1) is 6.92 Å². The van der Waals surface area contributed by atoms with Crippen molar-refractivity contribution in [2.75, 3.05) is 26.1 Å². The first-order valence-electron chi connectivity index (χ1n) is 12.9. The van der Waals surface area contributed by atoms with E-state index < -0.39 is 33.3 Å². The lowest BCUT2D eigenvalue weighted by Crippen LogP contribution is -2.31. The summed E-state index contributed by atoms with van der Waals surface area (Å²) in [5.74, 6) is -1.29. The summed E-state index contributed by atoms with van der Waals surface area (Å²) in [4.78, 5) is 21.7. The van der Waals surface area contributed by atoms with Gasteiger partial charge in [-0.1, -0.05) is 13.0 Å². The molecule has 45 heavy (non-hydrogen) atoms. The van der Waals surface area contributed by atoms with E-state index in [-0.39, 0.29) is 5.95 Å². The third-order valence-corrected chi connectivity index (χ3v) is 8.24. The predicted octanol–water partition coefficient (Wildman–Crippen LogP) is 4.02. The highest BCUT2D eigenvalue weighted by molar-refractivity contribution is 7.93. The summed E-state index contributed by atoms with van der Waals surface area (Å²) in [5.41, 5.74) is 1.95. The first-order valence-corrected chi connectivity index (χ1v) is 14.5. The van der Waals surface area contributed by atoms with E-state index in [1.54, 1.807) is 49.0 Å². The van der Waals surface area contributed by atoms with Gasteiger partial charge in [0.15, 0.2) is 11.6 Å². The van der Waals surface area contributed by atoms with Crippen LogP contribution in [0.4, 0.5) is 19.1 Å². The first-order chi connectivity index (χ1) is 21.1. The Balaban J connectivity index is 0.000000707. The van der Waals surface area contributed by atoms with Crippen LogP contribution in [-0.2, 0) is 14.8 Å².